The topological polar surface area (TPSA) is 49.9 Å². The zero-order chi connectivity index (χ0) is 17.0. The third-order valence-corrected chi connectivity index (χ3v) is 6.85. The van der Waals surface area contributed by atoms with Crippen molar-refractivity contribution in [1.29, 1.82) is 0 Å². The van der Waals surface area contributed by atoms with Crippen LogP contribution in [0.3, 0.4) is 0 Å². The summed E-state index contributed by atoms with van der Waals surface area (Å²) < 4.78 is 33.1. The fraction of sp³-hybridized carbons (Fsp3) is 0.667. The Balaban J connectivity index is 1.62. The van der Waals surface area contributed by atoms with Gasteiger partial charge in [0.05, 0.1) is 11.0 Å². The van der Waals surface area contributed by atoms with Gasteiger partial charge in [0.2, 0.25) is 10.0 Å². The zero-order valence-corrected chi connectivity index (χ0v) is 15.3. The van der Waals surface area contributed by atoms with Crippen molar-refractivity contribution >= 4 is 10.0 Å². The number of ether oxygens (including phenoxy) is 1. The molecular formula is C18H28N2O3S. The Hall–Kier alpha value is -1.11. The van der Waals surface area contributed by atoms with E-state index < -0.39 is 10.0 Å². The summed E-state index contributed by atoms with van der Waals surface area (Å²) in [6.45, 7) is 5.97. The number of hydrogen-bond acceptors (Lipinski definition) is 4. The van der Waals surface area contributed by atoms with Gasteiger partial charge in [-0.25, -0.2) is 8.42 Å². The van der Waals surface area contributed by atoms with Gasteiger partial charge in [0.15, 0.2) is 0 Å². The molecule has 2 fully saturated rings. The lowest BCUT2D eigenvalue weighted by molar-refractivity contribution is 0.188. The molecule has 134 valence electrons. The molecule has 0 aromatic heterocycles. The van der Waals surface area contributed by atoms with Crippen LogP contribution < -0.4 is 4.74 Å². The molecule has 0 radical (unpaired) electrons. The SMILES string of the molecule is CCCN1CCN(S(=O)(=O)c2ccc(OC3CCCC3)cc2)CC1. The van der Waals surface area contributed by atoms with E-state index in [-0.39, 0.29) is 0 Å². The summed E-state index contributed by atoms with van der Waals surface area (Å²) in [5.74, 6) is 0.772. The summed E-state index contributed by atoms with van der Waals surface area (Å²) in [7, 11) is -3.39. The summed E-state index contributed by atoms with van der Waals surface area (Å²) in [6, 6.07) is 6.94. The summed E-state index contributed by atoms with van der Waals surface area (Å²) in [6.07, 6.45) is 6.04. The molecular weight excluding hydrogens is 324 g/mol. The molecule has 5 nitrogen and oxygen atoms in total. The first-order valence-corrected chi connectivity index (χ1v) is 10.5. The second-order valence-electron chi connectivity index (χ2n) is 6.74. The van der Waals surface area contributed by atoms with Crippen molar-refractivity contribution in [2.24, 2.45) is 0 Å². The molecule has 1 aliphatic heterocycles. The minimum Gasteiger partial charge on any atom is -0.490 e. The van der Waals surface area contributed by atoms with Gasteiger partial charge in [-0.2, -0.15) is 4.31 Å². The molecule has 0 bridgehead atoms. The van der Waals surface area contributed by atoms with E-state index in [1.165, 1.54) is 12.8 Å². The van der Waals surface area contributed by atoms with E-state index in [4.69, 9.17) is 4.74 Å². The number of hydrogen-bond donors (Lipinski definition) is 0. The third kappa shape index (κ3) is 4.10. The van der Waals surface area contributed by atoms with Gasteiger partial charge >= 0.3 is 0 Å². The Kier molecular flexibility index (Phi) is 5.79. The first-order valence-electron chi connectivity index (χ1n) is 9.09. The minimum absolute atomic E-state index is 0.291. The van der Waals surface area contributed by atoms with Gasteiger partial charge in [-0.15, -0.1) is 0 Å². The van der Waals surface area contributed by atoms with Crippen LogP contribution in [0.15, 0.2) is 29.2 Å². The summed E-state index contributed by atoms with van der Waals surface area (Å²) in [5.41, 5.74) is 0. The van der Waals surface area contributed by atoms with Gasteiger partial charge in [0.1, 0.15) is 5.75 Å². The quantitative estimate of drug-likeness (QED) is 0.790. The first-order chi connectivity index (χ1) is 11.6. The maximum atomic E-state index is 12.8. The molecule has 0 unspecified atom stereocenters. The van der Waals surface area contributed by atoms with Crippen LogP contribution in [0.1, 0.15) is 39.0 Å². The van der Waals surface area contributed by atoms with Gasteiger partial charge in [-0.05, 0) is 62.9 Å². The Morgan fingerprint density at radius 2 is 1.67 bits per heavy atom. The molecule has 0 N–H and O–H groups in total. The Morgan fingerprint density at radius 1 is 1.04 bits per heavy atom. The lowest BCUT2D eigenvalue weighted by Gasteiger charge is -2.33. The molecule has 1 saturated carbocycles. The highest BCUT2D eigenvalue weighted by Gasteiger charge is 2.28. The second-order valence-corrected chi connectivity index (χ2v) is 8.68. The van der Waals surface area contributed by atoms with Crippen LogP contribution in [0.2, 0.25) is 0 Å². The molecule has 1 aliphatic carbocycles. The second kappa shape index (κ2) is 7.85. The van der Waals surface area contributed by atoms with E-state index in [9.17, 15) is 8.42 Å². The highest BCUT2D eigenvalue weighted by Crippen LogP contribution is 2.26. The first kappa shape index (κ1) is 17.7. The molecule has 1 heterocycles. The molecule has 0 atom stereocenters. The van der Waals surface area contributed by atoms with Crippen LogP contribution in [-0.2, 0) is 10.0 Å². The smallest absolute Gasteiger partial charge is 0.243 e. The van der Waals surface area contributed by atoms with Crippen molar-refractivity contribution in [2.45, 2.75) is 50.0 Å². The highest BCUT2D eigenvalue weighted by molar-refractivity contribution is 7.89. The van der Waals surface area contributed by atoms with Crippen LogP contribution in [-0.4, -0.2) is 56.5 Å². The van der Waals surface area contributed by atoms with Gasteiger partial charge in [-0.3, -0.25) is 0 Å². The summed E-state index contributed by atoms with van der Waals surface area (Å²) >= 11 is 0. The molecule has 0 amide bonds. The van der Waals surface area contributed by atoms with Crippen molar-refractivity contribution in [3.05, 3.63) is 24.3 Å². The molecule has 0 spiro atoms. The van der Waals surface area contributed by atoms with Gasteiger partial charge in [-0.1, -0.05) is 6.92 Å². The van der Waals surface area contributed by atoms with E-state index in [2.05, 4.69) is 11.8 Å². The Morgan fingerprint density at radius 3 is 2.25 bits per heavy atom. The number of rotatable bonds is 6. The summed E-state index contributed by atoms with van der Waals surface area (Å²) in [4.78, 5) is 2.69. The van der Waals surface area contributed by atoms with E-state index in [0.29, 0.717) is 24.1 Å². The monoisotopic (exact) mass is 352 g/mol. The van der Waals surface area contributed by atoms with Crippen molar-refractivity contribution < 1.29 is 13.2 Å². The van der Waals surface area contributed by atoms with Gasteiger partial charge < -0.3 is 9.64 Å². The van der Waals surface area contributed by atoms with Crippen LogP contribution in [0.4, 0.5) is 0 Å². The Labute approximate surface area is 145 Å². The van der Waals surface area contributed by atoms with Crippen LogP contribution in [0.5, 0.6) is 5.75 Å². The minimum atomic E-state index is -3.39. The lowest BCUT2D eigenvalue weighted by atomic mass is 10.3. The van der Waals surface area contributed by atoms with Crippen molar-refractivity contribution in [3.8, 4) is 5.75 Å². The zero-order valence-electron chi connectivity index (χ0n) is 14.5. The number of piperazine rings is 1. The largest absolute Gasteiger partial charge is 0.490 e. The van der Waals surface area contributed by atoms with E-state index in [1.54, 1.807) is 28.6 Å². The average Bonchev–Trinajstić information content (AvgIpc) is 3.09. The molecule has 3 rings (SSSR count). The fourth-order valence-electron chi connectivity index (χ4n) is 3.55. The maximum absolute atomic E-state index is 12.8. The molecule has 1 saturated heterocycles. The third-order valence-electron chi connectivity index (χ3n) is 4.94. The highest BCUT2D eigenvalue weighted by atomic mass is 32.2. The number of benzene rings is 1. The normalized spacial score (nSPS) is 21.2. The van der Waals surface area contributed by atoms with Crippen LogP contribution in [0.25, 0.3) is 0 Å². The Bertz CT molecular complexity index is 616. The van der Waals surface area contributed by atoms with E-state index in [1.807, 2.05) is 0 Å². The lowest BCUT2D eigenvalue weighted by Crippen LogP contribution is -2.48. The van der Waals surface area contributed by atoms with E-state index >= 15 is 0 Å². The fourth-order valence-corrected chi connectivity index (χ4v) is 4.97. The van der Waals surface area contributed by atoms with Crippen LogP contribution in [0, 0.1) is 0 Å². The van der Waals surface area contributed by atoms with Gasteiger partial charge in [0, 0.05) is 26.2 Å². The molecule has 1 aromatic rings. The van der Waals surface area contributed by atoms with Crippen molar-refractivity contribution in [1.82, 2.24) is 9.21 Å². The molecule has 2 aliphatic rings. The molecule has 1 aromatic carbocycles. The van der Waals surface area contributed by atoms with Crippen molar-refractivity contribution in [2.75, 3.05) is 32.7 Å². The summed E-state index contributed by atoms with van der Waals surface area (Å²) in [5, 5.41) is 0. The predicted molar refractivity (Wildman–Crippen MR) is 94.8 cm³/mol. The molecule has 6 heteroatoms. The molecule has 24 heavy (non-hydrogen) atoms. The average molecular weight is 353 g/mol. The number of sulfonamides is 1. The standard InChI is InChI=1S/C18H28N2O3S/c1-2-11-19-12-14-20(15-13-19)24(21,22)18-9-7-17(8-10-18)23-16-5-3-4-6-16/h7-10,16H,2-6,11-15H2,1H3. The van der Waals surface area contributed by atoms with E-state index in [0.717, 1.165) is 44.6 Å². The predicted octanol–water partition coefficient (Wildman–Crippen LogP) is 2.72. The maximum Gasteiger partial charge on any atom is 0.243 e. The van der Waals surface area contributed by atoms with Crippen LogP contribution >= 0.6 is 0 Å². The number of nitrogens with zero attached hydrogens (tertiary/aromatic N) is 2. The van der Waals surface area contributed by atoms with Gasteiger partial charge in [0.25, 0.3) is 0 Å². The van der Waals surface area contributed by atoms with Crippen molar-refractivity contribution in [3.63, 3.8) is 0 Å².